The molecule has 0 atom stereocenters. The summed E-state index contributed by atoms with van der Waals surface area (Å²) in [5.41, 5.74) is -1.98. The molecule has 1 rings (SSSR count). The van der Waals surface area contributed by atoms with Crippen molar-refractivity contribution < 1.29 is 61.1 Å². The minimum absolute atomic E-state index is 0. The predicted octanol–water partition coefficient (Wildman–Crippen LogP) is -1.25. The molecule has 0 saturated heterocycles. The van der Waals surface area contributed by atoms with Gasteiger partial charge >= 0.3 is 51.4 Å². The number of non-ortho nitro benzene ring substituents is 1. The Kier molecular flexibility index (Phi) is 8.47. The van der Waals surface area contributed by atoms with Crippen molar-refractivity contribution in [3.05, 3.63) is 57.0 Å². The molecule has 1 aromatic carbocycles. The molecule has 0 N–H and O–H groups in total. The topological polar surface area (TPSA) is 155 Å². The number of nitro benzene ring substituents is 1. The maximum absolute atomic E-state index is 12.3. The number of nitrogens with zero attached hydrogens (tertiary/aromatic N) is 5. The minimum atomic E-state index is -0.986. The normalized spacial score (nSPS) is 8.00. The van der Waals surface area contributed by atoms with Crippen LogP contribution in [-0.2, 0) is 0 Å². The van der Waals surface area contributed by atoms with E-state index in [9.17, 15) is 14.9 Å². The van der Waals surface area contributed by atoms with Gasteiger partial charge < -0.3 is 4.79 Å². The molecule has 0 aliphatic carbocycles. The average Bonchev–Trinajstić information content (AvgIpc) is 2.54. The number of ketones is 1. The smallest absolute Gasteiger partial charge is 0.365 e. The summed E-state index contributed by atoms with van der Waals surface area (Å²) in [6, 6.07) is 10.3. The van der Waals surface area contributed by atoms with Gasteiger partial charge in [0.25, 0.3) is 5.69 Å². The van der Waals surface area contributed by atoms with Crippen LogP contribution in [0.25, 0.3) is 0 Å². The van der Waals surface area contributed by atoms with Gasteiger partial charge in [0.05, 0.1) is 10.7 Å². The van der Waals surface area contributed by atoms with Gasteiger partial charge in [0, 0.05) is 47.9 Å². The maximum Gasteiger partial charge on any atom is 1.00 e. The molecule has 0 unspecified atom stereocenters. The molecule has 8 nitrogen and oxygen atoms in total. The second kappa shape index (κ2) is 9.50. The van der Waals surface area contributed by atoms with Gasteiger partial charge in [-0.25, -0.2) is 21.0 Å². The molecule has 23 heavy (non-hydrogen) atoms. The van der Waals surface area contributed by atoms with E-state index in [4.69, 9.17) is 21.0 Å². The van der Waals surface area contributed by atoms with Gasteiger partial charge in [0.2, 0.25) is 0 Å². The molecule has 0 fully saturated rings. The van der Waals surface area contributed by atoms with Crippen molar-refractivity contribution in [2.45, 2.75) is 0 Å². The molecule has 0 radical (unpaired) electrons. The van der Waals surface area contributed by atoms with E-state index in [1.54, 1.807) is 0 Å². The molecule has 0 bridgehead atoms. The zero-order valence-corrected chi connectivity index (χ0v) is 14.9. The zero-order valence-electron chi connectivity index (χ0n) is 11.8. The molecule has 104 valence electrons. The van der Waals surface area contributed by atoms with Crippen molar-refractivity contribution in [2.24, 2.45) is 0 Å². The molecule has 0 aromatic heterocycles. The Balaban J connectivity index is 0.00000484. The third kappa shape index (κ3) is 4.74. The first-order valence-electron chi connectivity index (χ1n) is 5.51. The van der Waals surface area contributed by atoms with Crippen molar-refractivity contribution in [1.29, 1.82) is 21.0 Å². The predicted molar refractivity (Wildman–Crippen MR) is 70.1 cm³/mol. The number of Topliss-reactive ketones (excluding diaryl/α,β-unsaturated/α-hetero) is 1. The van der Waals surface area contributed by atoms with Crippen molar-refractivity contribution in [2.75, 3.05) is 0 Å². The number of rotatable bonds is 4. The summed E-state index contributed by atoms with van der Waals surface area (Å²) in [6.45, 7) is 0. The minimum Gasteiger partial charge on any atom is -0.365 e. The number of benzene rings is 1. The number of nitro groups is 1. The van der Waals surface area contributed by atoms with E-state index in [0.29, 0.717) is 0 Å². The van der Waals surface area contributed by atoms with E-state index in [2.05, 4.69) is 0 Å². The summed E-state index contributed by atoms with van der Waals surface area (Å²) in [7, 11) is 0. The monoisotopic (exact) mass is 329 g/mol. The van der Waals surface area contributed by atoms with Gasteiger partial charge in [0.1, 0.15) is 0 Å². The van der Waals surface area contributed by atoms with E-state index in [1.807, 2.05) is 0 Å². The van der Waals surface area contributed by atoms with Crippen LogP contribution in [0.1, 0.15) is 10.4 Å². The van der Waals surface area contributed by atoms with Crippen LogP contribution in [0.3, 0.4) is 0 Å². The first kappa shape index (κ1) is 20.5. The number of carbonyl (C=O) groups excluding carboxylic acids is 1. The fourth-order valence-electron chi connectivity index (χ4n) is 1.53. The largest absolute Gasteiger partial charge is 1.00 e. The van der Waals surface area contributed by atoms with Gasteiger partial charge in [-0.3, -0.25) is 10.1 Å². The average molecular weight is 329 g/mol. The summed E-state index contributed by atoms with van der Waals surface area (Å²) < 4.78 is 0. The molecule has 9 heteroatoms. The second-order valence-corrected chi connectivity index (χ2v) is 3.71. The number of allylic oxidation sites excluding steroid dienone is 2. The van der Waals surface area contributed by atoms with Crippen molar-refractivity contribution in [1.82, 2.24) is 0 Å². The van der Waals surface area contributed by atoms with E-state index in [-0.39, 0.29) is 62.6 Å². The van der Waals surface area contributed by atoms with Crippen molar-refractivity contribution in [3.63, 3.8) is 0 Å². The summed E-state index contributed by atoms with van der Waals surface area (Å²) in [6.07, 6.45) is 0. The van der Waals surface area contributed by atoms with Crippen molar-refractivity contribution in [3.8, 4) is 24.3 Å². The fraction of sp³-hybridized carbons (Fsp3) is 0. The Morgan fingerprint density at radius 2 is 1.70 bits per heavy atom. The molecule has 0 spiro atoms. The Bertz CT molecular complexity index is 819. The Hall–Kier alpha value is -2.50. The SMILES string of the molecule is N#CC(C#N)=C(C(=O)c1cccc([N+](=O)[O-])c1)[C-](C#N)C#N.[K+]. The summed E-state index contributed by atoms with van der Waals surface area (Å²) in [4.78, 5) is 22.3. The van der Waals surface area contributed by atoms with E-state index < -0.39 is 27.8 Å². The Labute approximate surface area is 173 Å². The first-order chi connectivity index (χ1) is 10.5. The zero-order chi connectivity index (χ0) is 16.7. The molecular weight excluding hydrogens is 325 g/mol. The number of carbonyl (C=O) groups is 1. The standard InChI is InChI=1S/C14H4N5O3.K/c15-5-10(6-16)13(11(7-17)8-18)14(20)9-2-1-3-12(4-9)19(21)22;/h1-4H;/q-1;+1. The van der Waals surface area contributed by atoms with Crippen LogP contribution in [-0.4, -0.2) is 10.7 Å². The van der Waals surface area contributed by atoms with E-state index >= 15 is 0 Å². The molecule has 0 saturated carbocycles. The van der Waals surface area contributed by atoms with Crippen LogP contribution in [0.2, 0.25) is 0 Å². The van der Waals surface area contributed by atoms with E-state index in [0.717, 1.165) is 12.1 Å². The second-order valence-electron chi connectivity index (χ2n) is 3.71. The summed E-state index contributed by atoms with van der Waals surface area (Å²) in [5, 5.41) is 46.1. The van der Waals surface area contributed by atoms with Crippen LogP contribution < -0.4 is 51.4 Å². The first-order valence-corrected chi connectivity index (χ1v) is 5.51. The van der Waals surface area contributed by atoms with E-state index in [1.165, 1.54) is 36.4 Å². The molecule has 1 aromatic rings. The van der Waals surface area contributed by atoms with Gasteiger partial charge in [-0.05, 0) is 5.56 Å². The summed E-state index contributed by atoms with van der Waals surface area (Å²) >= 11 is 0. The molecule has 0 aliphatic rings. The third-order valence-corrected chi connectivity index (χ3v) is 2.49. The quantitative estimate of drug-likeness (QED) is 0.127. The summed E-state index contributed by atoms with van der Waals surface area (Å²) in [5.74, 6) is -1.70. The van der Waals surface area contributed by atoms with Crippen LogP contribution in [0.5, 0.6) is 0 Å². The number of hydrogen-bond donors (Lipinski definition) is 0. The number of hydrogen-bond acceptors (Lipinski definition) is 7. The maximum atomic E-state index is 12.3. The number of nitriles is 4. The Morgan fingerprint density at radius 1 is 1.13 bits per heavy atom. The van der Waals surface area contributed by atoms with Crippen LogP contribution in [0.15, 0.2) is 35.4 Å². The Morgan fingerprint density at radius 3 is 2.13 bits per heavy atom. The van der Waals surface area contributed by atoms with Gasteiger partial charge in [0.15, 0.2) is 0 Å². The molecule has 0 aliphatic heterocycles. The fourth-order valence-corrected chi connectivity index (χ4v) is 1.53. The van der Waals surface area contributed by atoms with Crippen molar-refractivity contribution >= 4 is 11.5 Å². The van der Waals surface area contributed by atoms with Gasteiger partial charge in [-0.15, -0.1) is 0 Å². The van der Waals surface area contributed by atoms with Crippen LogP contribution >= 0.6 is 0 Å². The van der Waals surface area contributed by atoms with Crippen LogP contribution in [0.4, 0.5) is 5.69 Å². The molecule has 0 amide bonds. The van der Waals surface area contributed by atoms with Crippen LogP contribution in [0, 0.1) is 61.4 Å². The third-order valence-electron chi connectivity index (χ3n) is 2.49. The van der Waals surface area contributed by atoms with Gasteiger partial charge in [-0.2, -0.15) is 0 Å². The molecular formula is C14H4KN5O3. The van der Waals surface area contributed by atoms with Gasteiger partial charge in [-0.1, -0.05) is 17.7 Å². The molecule has 0 heterocycles.